The van der Waals surface area contributed by atoms with Crippen LogP contribution in [0.4, 0.5) is 5.13 Å². The average Bonchev–Trinajstić information content (AvgIpc) is 2.72. The first kappa shape index (κ1) is 13.3. The number of carbonyl (C=O) groups excluding carboxylic acids is 1. The maximum atomic E-state index is 12.0. The van der Waals surface area contributed by atoms with Crippen LogP contribution in [0, 0.1) is 5.92 Å². The number of hydrogen-bond donors (Lipinski definition) is 1. The molecule has 0 aliphatic carbocycles. The van der Waals surface area contributed by atoms with Crippen LogP contribution in [0.5, 0.6) is 0 Å². The predicted molar refractivity (Wildman–Crippen MR) is 74.7 cm³/mol. The highest BCUT2D eigenvalue weighted by molar-refractivity contribution is 7.15. The number of rotatable bonds is 4. The molecule has 0 bridgehead atoms. The van der Waals surface area contributed by atoms with E-state index in [0.717, 1.165) is 35.9 Å². The fourth-order valence-electron chi connectivity index (χ4n) is 2.14. The van der Waals surface area contributed by atoms with Gasteiger partial charge in [0.1, 0.15) is 0 Å². The molecule has 1 atom stereocenters. The van der Waals surface area contributed by atoms with Gasteiger partial charge in [-0.25, -0.2) is 4.98 Å². The standard InChI is InChI=1S/C13H21N3OS/c1-3-14-13-15-8-11(18-13)9-16-7-6-10(2)4-5-12(16)17/h8,10H,3-7,9H2,1-2H3,(H,14,15). The largest absolute Gasteiger partial charge is 0.362 e. The van der Waals surface area contributed by atoms with E-state index in [1.807, 2.05) is 11.1 Å². The van der Waals surface area contributed by atoms with Crippen LogP contribution >= 0.6 is 11.3 Å². The number of aromatic nitrogens is 1. The fraction of sp³-hybridized carbons (Fsp3) is 0.692. The lowest BCUT2D eigenvalue weighted by Crippen LogP contribution is -2.29. The molecule has 100 valence electrons. The molecule has 18 heavy (non-hydrogen) atoms. The first-order valence-electron chi connectivity index (χ1n) is 6.65. The van der Waals surface area contributed by atoms with E-state index in [1.165, 1.54) is 0 Å². The van der Waals surface area contributed by atoms with Crippen molar-refractivity contribution in [2.75, 3.05) is 18.4 Å². The third kappa shape index (κ3) is 3.45. The van der Waals surface area contributed by atoms with Crippen molar-refractivity contribution in [2.24, 2.45) is 5.92 Å². The van der Waals surface area contributed by atoms with Crippen molar-refractivity contribution in [3.05, 3.63) is 11.1 Å². The van der Waals surface area contributed by atoms with Crippen LogP contribution in [0.25, 0.3) is 0 Å². The van der Waals surface area contributed by atoms with Crippen LogP contribution in [0.3, 0.4) is 0 Å². The summed E-state index contributed by atoms with van der Waals surface area (Å²) in [4.78, 5) is 19.4. The van der Waals surface area contributed by atoms with E-state index in [2.05, 4.69) is 24.1 Å². The molecule has 1 aliphatic heterocycles. The molecule has 5 heteroatoms. The summed E-state index contributed by atoms with van der Waals surface area (Å²) in [7, 11) is 0. The smallest absolute Gasteiger partial charge is 0.222 e. The number of likely N-dealkylation sites (tertiary alicyclic amines) is 1. The number of thiazole rings is 1. The van der Waals surface area contributed by atoms with E-state index in [9.17, 15) is 4.79 Å². The summed E-state index contributed by atoms with van der Waals surface area (Å²) < 4.78 is 0. The molecule has 0 radical (unpaired) electrons. The summed E-state index contributed by atoms with van der Waals surface area (Å²) in [6, 6.07) is 0. The van der Waals surface area contributed by atoms with Gasteiger partial charge in [0.2, 0.25) is 5.91 Å². The summed E-state index contributed by atoms with van der Waals surface area (Å²) >= 11 is 1.64. The maximum absolute atomic E-state index is 12.0. The van der Waals surface area contributed by atoms with E-state index < -0.39 is 0 Å². The average molecular weight is 267 g/mol. The van der Waals surface area contributed by atoms with E-state index in [0.29, 0.717) is 18.9 Å². The van der Waals surface area contributed by atoms with E-state index in [1.54, 1.807) is 11.3 Å². The highest BCUT2D eigenvalue weighted by atomic mass is 32.1. The zero-order chi connectivity index (χ0) is 13.0. The van der Waals surface area contributed by atoms with Crippen molar-refractivity contribution >= 4 is 22.4 Å². The number of anilines is 1. The highest BCUT2D eigenvalue weighted by Crippen LogP contribution is 2.23. The van der Waals surface area contributed by atoms with Gasteiger partial charge in [-0.15, -0.1) is 11.3 Å². The van der Waals surface area contributed by atoms with Gasteiger partial charge in [-0.2, -0.15) is 0 Å². The summed E-state index contributed by atoms with van der Waals surface area (Å²) in [5.41, 5.74) is 0. The number of carbonyl (C=O) groups is 1. The molecular weight excluding hydrogens is 246 g/mol. The monoisotopic (exact) mass is 267 g/mol. The van der Waals surface area contributed by atoms with E-state index >= 15 is 0 Å². The second-order valence-corrected chi connectivity index (χ2v) is 6.03. The molecule has 1 aromatic rings. The zero-order valence-electron chi connectivity index (χ0n) is 11.1. The molecule has 1 amide bonds. The molecule has 2 rings (SSSR count). The number of amides is 1. The molecule has 1 fully saturated rings. The second-order valence-electron chi connectivity index (χ2n) is 4.91. The summed E-state index contributed by atoms with van der Waals surface area (Å²) in [6.45, 7) is 6.77. The van der Waals surface area contributed by atoms with Crippen molar-refractivity contribution in [3.8, 4) is 0 Å². The van der Waals surface area contributed by atoms with Gasteiger partial charge in [0, 0.05) is 30.6 Å². The Balaban J connectivity index is 1.96. The van der Waals surface area contributed by atoms with Crippen molar-refractivity contribution in [1.29, 1.82) is 0 Å². The van der Waals surface area contributed by atoms with Gasteiger partial charge < -0.3 is 10.2 Å². The normalized spacial score (nSPS) is 20.9. The van der Waals surface area contributed by atoms with Crippen LogP contribution in [0.2, 0.25) is 0 Å². The predicted octanol–water partition coefficient (Wildman–Crippen LogP) is 2.72. The van der Waals surface area contributed by atoms with Gasteiger partial charge in [-0.3, -0.25) is 4.79 Å². The molecule has 2 heterocycles. The number of hydrogen-bond acceptors (Lipinski definition) is 4. The van der Waals surface area contributed by atoms with Crippen molar-refractivity contribution < 1.29 is 4.79 Å². The van der Waals surface area contributed by atoms with Gasteiger partial charge in [0.15, 0.2) is 5.13 Å². The van der Waals surface area contributed by atoms with E-state index in [-0.39, 0.29) is 5.91 Å². The second kappa shape index (κ2) is 6.18. The third-order valence-electron chi connectivity index (χ3n) is 3.32. The Morgan fingerprint density at radius 1 is 1.56 bits per heavy atom. The molecule has 1 N–H and O–H groups in total. The Bertz CT molecular complexity index is 405. The molecule has 0 spiro atoms. The Labute approximate surface area is 112 Å². The number of nitrogens with zero attached hydrogens (tertiary/aromatic N) is 2. The van der Waals surface area contributed by atoms with Gasteiger partial charge in [0.05, 0.1) is 6.54 Å². The van der Waals surface area contributed by atoms with Gasteiger partial charge in [-0.1, -0.05) is 6.92 Å². The lowest BCUT2D eigenvalue weighted by Gasteiger charge is -2.19. The summed E-state index contributed by atoms with van der Waals surface area (Å²) in [5.74, 6) is 0.954. The molecule has 1 unspecified atom stereocenters. The minimum atomic E-state index is 0.290. The molecule has 4 nitrogen and oxygen atoms in total. The van der Waals surface area contributed by atoms with Gasteiger partial charge in [0.25, 0.3) is 0 Å². The Hall–Kier alpha value is -1.10. The minimum Gasteiger partial charge on any atom is -0.362 e. The van der Waals surface area contributed by atoms with Crippen molar-refractivity contribution in [3.63, 3.8) is 0 Å². The molecule has 1 saturated heterocycles. The fourth-order valence-corrected chi connectivity index (χ4v) is 3.04. The topological polar surface area (TPSA) is 45.2 Å². The van der Waals surface area contributed by atoms with Gasteiger partial charge in [-0.05, 0) is 25.7 Å². The van der Waals surface area contributed by atoms with Crippen LogP contribution in [0.15, 0.2) is 6.20 Å². The Morgan fingerprint density at radius 3 is 3.17 bits per heavy atom. The first-order chi connectivity index (χ1) is 8.69. The van der Waals surface area contributed by atoms with Crippen LogP contribution in [0.1, 0.15) is 38.0 Å². The molecule has 1 aromatic heterocycles. The molecule has 1 aliphatic rings. The highest BCUT2D eigenvalue weighted by Gasteiger charge is 2.20. The van der Waals surface area contributed by atoms with Crippen LogP contribution < -0.4 is 5.32 Å². The Morgan fingerprint density at radius 2 is 2.39 bits per heavy atom. The quantitative estimate of drug-likeness (QED) is 0.912. The third-order valence-corrected chi connectivity index (χ3v) is 4.26. The molecule has 0 saturated carbocycles. The first-order valence-corrected chi connectivity index (χ1v) is 7.47. The maximum Gasteiger partial charge on any atom is 0.222 e. The zero-order valence-corrected chi connectivity index (χ0v) is 11.9. The summed E-state index contributed by atoms with van der Waals surface area (Å²) in [6.07, 6.45) is 4.72. The SMILES string of the molecule is CCNc1ncc(CN2CCC(C)CCC2=O)s1. The minimum absolute atomic E-state index is 0.290. The lowest BCUT2D eigenvalue weighted by molar-refractivity contribution is -0.131. The van der Waals surface area contributed by atoms with Crippen LogP contribution in [-0.2, 0) is 11.3 Å². The molecule has 0 aromatic carbocycles. The lowest BCUT2D eigenvalue weighted by atomic mass is 10.0. The Kier molecular flexibility index (Phi) is 4.58. The molecular formula is C13H21N3OS. The van der Waals surface area contributed by atoms with Gasteiger partial charge >= 0.3 is 0 Å². The van der Waals surface area contributed by atoms with Crippen molar-refractivity contribution in [1.82, 2.24) is 9.88 Å². The van der Waals surface area contributed by atoms with E-state index in [4.69, 9.17) is 0 Å². The summed E-state index contributed by atoms with van der Waals surface area (Å²) in [5, 5.41) is 4.15. The van der Waals surface area contributed by atoms with Crippen molar-refractivity contribution in [2.45, 2.75) is 39.7 Å². The van der Waals surface area contributed by atoms with Crippen LogP contribution in [-0.4, -0.2) is 28.9 Å². The number of nitrogens with one attached hydrogen (secondary N) is 1.